The molecular formula is C43H25N3O. The number of nitriles is 1. The summed E-state index contributed by atoms with van der Waals surface area (Å²) in [5.41, 5.74) is 10.8. The zero-order valence-electron chi connectivity index (χ0n) is 25.2. The van der Waals surface area contributed by atoms with E-state index in [1.165, 1.54) is 21.8 Å². The van der Waals surface area contributed by atoms with E-state index in [4.69, 9.17) is 4.42 Å². The molecule has 0 bridgehead atoms. The van der Waals surface area contributed by atoms with Crippen LogP contribution < -0.4 is 0 Å². The van der Waals surface area contributed by atoms with Crippen LogP contribution in [0.1, 0.15) is 5.56 Å². The van der Waals surface area contributed by atoms with Crippen molar-refractivity contribution in [3.63, 3.8) is 0 Å². The molecule has 47 heavy (non-hydrogen) atoms. The van der Waals surface area contributed by atoms with E-state index in [-0.39, 0.29) is 0 Å². The second-order valence-corrected chi connectivity index (χ2v) is 12.0. The Hall–Kier alpha value is -6.57. The van der Waals surface area contributed by atoms with Crippen LogP contribution in [0.15, 0.2) is 156 Å². The molecule has 10 aromatic rings. The summed E-state index contributed by atoms with van der Waals surface area (Å²) in [5, 5.41) is 17.4. The molecule has 0 saturated carbocycles. The van der Waals surface area contributed by atoms with Crippen molar-refractivity contribution in [3.05, 3.63) is 157 Å². The molecule has 0 aliphatic carbocycles. The number of fused-ring (bicyclic) bond motifs is 10. The Labute approximate surface area is 269 Å². The molecule has 0 atom stereocenters. The predicted molar refractivity (Wildman–Crippen MR) is 193 cm³/mol. The summed E-state index contributed by atoms with van der Waals surface area (Å²) in [4.78, 5) is 0. The normalized spacial score (nSPS) is 11.8. The number of benzene rings is 7. The van der Waals surface area contributed by atoms with Crippen LogP contribution in [0.4, 0.5) is 0 Å². The lowest BCUT2D eigenvalue weighted by atomic mass is 9.99. The average Bonchev–Trinajstić information content (AvgIpc) is 3.79. The molecule has 10 rings (SSSR count). The highest BCUT2D eigenvalue weighted by atomic mass is 16.3. The Balaban J connectivity index is 1.23. The van der Waals surface area contributed by atoms with Crippen LogP contribution in [0.2, 0.25) is 0 Å². The molecule has 0 spiro atoms. The maximum absolute atomic E-state index is 10.5. The minimum atomic E-state index is 0.619. The van der Waals surface area contributed by atoms with Crippen LogP contribution in [-0.4, -0.2) is 9.13 Å². The number of hydrogen-bond donors (Lipinski definition) is 0. The van der Waals surface area contributed by atoms with E-state index >= 15 is 0 Å². The Morgan fingerprint density at radius 3 is 1.77 bits per heavy atom. The van der Waals surface area contributed by atoms with Gasteiger partial charge in [0.25, 0.3) is 0 Å². The van der Waals surface area contributed by atoms with Gasteiger partial charge in [-0.25, -0.2) is 0 Å². The monoisotopic (exact) mass is 599 g/mol. The Bertz CT molecular complexity index is 2860. The number of nitrogens with zero attached hydrogens (tertiary/aromatic N) is 3. The standard InChI is InChI=1S/C43H25N3O/c44-26-28-10-9-15-30(27-20-22-29(23-21-27)45-35-16-5-1-11-31(35)32-12-2-6-17-36(32)45)43(28)46-37-18-7-3-13-33(37)41-38(46)24-25-40-42(41)34-14-4-8-19-39(34)47-40/h1-25H. The van der Waals surface area contributed by atoms with Crippen LogP contribution in [0, 0.1) is 11.3 Å². The fourth-order valence-electron chi connectivity index (χ4n) is 7.61. The molecule has 0 aliphatic rings. The lowest BCUT2D eigenvalue weighted by molar-refractivity contribution is 0.669. The smallest absolute Gasteiger partial charge is 0.136 e. The van der Waals surface area contributed by atoms with Crippen molar-refractivity contribution in [2.45, 2.75) is 0 Å². The lowest BCUT2D eigenvalue weighted by Gasteiger charge is -2.16. The third kappa shape index (κ3) is 3.57. The summed E-state index contributed by atoms with van der Waals surface area (Å²) in [7, 11) is 0. The molecule has 4 nitrogen and oxygen atoms in total. The maximum Gasteiger partial charge on any atom is 0.136 e. The van der Waals surface area contributed by atoms with E-state index in [1.54, 1.807) is 0 Å². The molecule has 7 aromatic carbocycles. The second-order valence-electron chi connectivity index (χ2n) is 12.0. The van der Waals surface area contributed by atoms with Crippen molar-refractivity contribution >= 4 is 65.6 Å². The molecule has 0 N–H and O–H groups in total. The van der Waals surface area contributed by atoms with Gasteiger partial charge in [-0.3, -0.25) is 0 Å². The molecule has 3 heterocycles. The Morgan fingerprint density at radius 2 is 1.06 bits per heavy atom. The van der Waals surface area contributed by atoms with Crippen molar-refractivity contribution in [1.29, 1.82) is 5.26 Å². The Morgan fingerprint density at radius 1 is 0.447 bits per heavy atom. The second kappa shape index (κ2) is 9.71. The van der Waals surface area contributed by atoms with Gasteiger partial charge in [0.1, 0.15) is 17.2 Å². The molecule has 3 aromatic heterocycles. The van der Waals surface area contributed by atoms with Gasteiger partial charge in [0, 0.05) is 43.6 Å². The van der Waals surface area contributed by atoms with E-state index in [0.29, 0.717) is 5.56 Å². The van der Waals surface area contributed by atoms with Gasteiger partial charge in [-0.1, -0.05) is 97.1 Å². The van der Waals surface area contributed by atoms with Gasteiger partial charge < -0.3 is 13.6 Å². The van der Waals surface area contributed by atoms with Crippen molar-refractivity contribution in [2.75, 3.05) is 0 Å². The van der Waals surface area contributed by atoms with Gasteiger partial charge in [-0.2, -0.15) is 5.26 Å². The molecule has 0 aliphatic heterocycles. The van der Waals surface area contributed by atoms with Gasteiger partial charge in [-0.05, 0) is 60.2 Å². The third-order valence-corrected chi connectivity index (χ3v) is 9.57. The van der Waals surface area contributed by atoms with Gasteiger partial charge in [-0.15, -0.1) is 0 Å². The first-order chi connectivity index (χ1) is 23.3. The summed E-state index contributed by atoms with van der Waals surface area (Å²) in [5.74, 6) is 0. The summed E-state index contributed by atoms with van der Waals surface area (Å²) >= 11 is 0. The summed E-state index contributed by atoms with van der Waals surface area (Å²) in [6, 6.07) is 55.2. The van der Waals surface area contributed by atoms with E-state index in [0.717, 1.165) is 66.2 Å². The van der Waals surface area contributed by atoms with E-state index in [9.17, 15) is 5.26 Å². The van der Waals surface area contributed by atoms with Gasteiger partial charge in [0.15, 0.2) is 0 Å². The van der Waals surface area contributed by atoms with Gasteiger partial charge >= 0.3 is 0 Å². The topological polar surface area (TPSA) is 46.8 Å². The summed E-state index contributed by atoms with van der Waals surface area (Å²) in [6.45, 7) is 0. The third-order valence-electron chi connectivity index (χ3n) is 9.57. The van der Waals surface area contributed by atoms with Crippen LogP contribution in [0.3, 0.4) is 0 Å². The van der Waals surface area contributed by atoms with Crippen molar-refractivity contribution in [3.8, 4) is 28.6 Å². The first kappa shape index (κ1) is 25.7. The molecule has 0 amide bonds. The highest BCUT2D eigenvalue weighted by Crippen LogP contribution is 2.43. The summed E-state index contributed by atoms with van der Waals surface area (Å²) < 4.78 is 10.9. The molecule has 218 valence electrons. The number of hydrogen-bond acceptors (Lipinski definition) is 2. The average molecular weight is 600 g/mol. The number of para-hydroxylation sites is 5. The number of furan rings is 1. The highest BCUT2D eigenvalue weighted by Gasteiger charge is 2.22. The first-order valence-electron chi connectivity index (χ1n) is 15.8. The summed E-state index contributed by atoms with van der Waals surface area (Å²) in [6.07, 6.45) is 0. The minimum absolute atomic E-state index is 0.619. The largest absolute Gasteiger partial charge is 0.456 e. The molecule has 0 fully saturated rings. The first-order valence-corrected chi connectivity index (χ1v) is 15.8. The number of rotatable bonds is 3. The zero-order chi connectivity index (χ0) is 31.1. The molecule has 0 unspecified atom stereocenters. The quantitative estimate of drug-likeness (QED) is 0.203. The fourth-order valence-corrected chi connectivity index (χ4v) is 7.61. The van der Waals surface area contributed by atoms with E-state index in [2.05, 4.69) is 143 Å². The lowest BCUT2D eigenvalue weighted by Crippen LogP contribution is -2.01. The molecule has 0 saturated heterocycles. The fraction of sp³-hybridized carbons (Fsp3) is 0. The van der Waals surface area contributed by atoms with Gasteiger partial charge in [0.05, 0.1) is 33.3 Å². The van der Waals surface area contributed by atoms with E-state index in [1.807, 2.05) is 24.3 Å². The van der Waals surface area contributed by atoms with Crippen LogP contribution >= 0.6 is 0 Å². The van der Waals surface area contributed by atoms with Gasteiger partial charge in [0.2, 0.25) is 0 Å². The van der Waals surface area contributed by atoms with Crippen LogP contribution in [-0.2, 0) is 0 Å². The maximum atomic E-state index is 10.5. The SMILES string of the molecule is N#Cc1cccc(-c2ccc(-n3c4ccccc4c4ccccc43)cc2)c1-n1c2ccccc2c2c3c(ccc21)oc1ccccc13. The minimum Gasteiger partial charge on any atom is -0.456 e. The van der Waals surface area contributed by atoms with Crippen molar-refractivity contribution in [1.82, 2.24) is 9.13 Å². The highest BCUT2D eigenvalue weighted by molar-refractivity contribution is 6.27. The van der Waals surface area contributed by atoms with Crippen molar-refractivity contribution in [2.24, 2.45) is 0 Å². The zero-order valence-corrected chi connectivity index (χ0v) is 25.2. The molecular weight excluding hydrogens is 574 g/mol. The van der Waals surface area contributed by atoms with E-state index < -0.39 is 0 Å². The Kier molecular flexibility index (Phi) is 5.32. The van der Waals surface area contributed by atoms with Crippen LogP contribution in [0.5, 0.6) is 0 Å². The predicted octanol–water partition coefficient (Wildman–Crippen LogP) is 11.3. The molecule has 0 radical (unpaired) electrons. The molecule has 4 heteroatoms. The number of aromatic nitrogens is 2. The van der Waals surface area contributed by atoms with Crippen LogP contribution in [0.25, 0.3) is 88.1 Å². The van der Waals surface area contributed by atoms with Crippen molar-refractivity contribution < 1.29 is 4.42 Å².